The molecule has 1 N–H and O–H groups in total. The Morgan fingerprint density at radius 1 is 1.27 bits per heavy atom. The molecule has 2 heteroatoms. The third-order valence-corrected chi connectivity index (χ3v) is 4.47. The Kier molecular flexibility index (Phi) is 3.17. The summed E-state index contributed by atoms with van der Waals surface area (Å²) in [6.07, 6.45) is 2.75. The van der Waals surface area contributed by atoms with Gasteiger partial charge in [0.1, 0.15) is 0 Å². The first-order valence-corrected chi connectivity index (χ1v) is 6.36. The van der Waals surface area contributed by atoms with Crippen LogP contribution in [0.3, 0.4) is 0 Å². The third-order valence-electron chi connectivity index (χ3n) is 3.22. The highest BCUT2D eigenvalue weighted by molar-refractivity contribution is 9.10. The van der Waals surface area contributed by atoms with Crippen LogP contribution in [0, 0.1) is 19.8 Å². The van der Waals surface area contributed by atoms with Gasteiger partial charge in [0, 0.05) is 10.5 Å². The standard InChI is InChI=1S/C13H18BrN/c1-8-6-11(7-9(2)12(8)14)13(15-3)10-4-5-10/h6-7,10,13,15H,4-5H2,1-3H3. The first-order chi connectivity index (χ1) is 7.13. The molecule has 0 aliphatic heterocycles. The van der Waals surface area contributed by atoms with Crippen molar-refractivity contribution in [3.05, 3.63) is 33.3 Å². The van der Waals surface area contributed by atoms with E-state index in [1.54, 1.807) is 0 Å². The molecule has 1 aliphatic rings. The lowest BCUT2D eigenvalue weighted by atomic mass is 9.98. The first-order valence-electron chi connectivity index (χ1n) is 5.57. The van der Waals surface area contributed by atoms with Gasteiger partial charge in [-0.15, -0.1) is 0 Å². The van der Waals surface area contributed by atoms with Gasteiger partial charge >= 0.3 is 0 Å². The van der Waals surface area contributed by atoms with Gasteiger partial charge in [-0.1, -0.05) is 28.1 Å². The van der Waals surface area contributed by atoms with E-state index in [4.69, 9.17) is 0 Å². The Morgan fingerprint density at radius 3 is 2.20 bits per heavy atom. The quantitative estimate of drug-likeness (QED) is 0.880. The summed E-state index contributed by atoms with van der Waals surface area (Å²) in [7, 11) is 2.07. The molecule has 0 bridgehead atoms. The second-order valence-corrected chi connectivity index (χ2v) is 5.37. The van der Waals surface area contributed by atoms with Crippen molar-refractivity contribution < 1.29 is 0 Å². The highest BCUT2D eigenvalue weighted by Crippen LogP contribution is 2.41. The number of hydrogen-bond donors (Lipinski definition) is 1. The summed E-state index contributed by atoms with van der Waals surface area (Å²) < 4.78 is 1.25. The van der Waals surface area contributed by atoms with Crippen molar-refractivity contribution in [3.8, 4) is 0 Å². The van der Waals surface area contributed by atoms with E-state index in [0.29, 0.717) is 6.04 Å². The SMILES string of the molecule is CNC(c1cc(C)c(Br)c(C)c1)C1CC1. The van der Waals surface area contributed by atoms with Crippen LogP contribution in [0.25, 0.3) is 0 Å². The molecular weight excluding hydrogens is 250 g/mol. The zero-order valence-electron chi connectivity index (χ0n) is 9.60. The first kappa shape index (κ1) is 11.2. The summed E-state index contributed by atoms with van der Waals surface area (Å²) in [5.74, 6) is 0.856. The van der Waals surface area contributed by atoms with E-state index in [2.05, 4.69) is 54.3 Å². The minimum atomic E-state index is 0.551. The van der Waals surface area contributed by atoms with Crippen molar-refractivity contribution in [2.24, 2.45) is 5.92 Å². The Bertz CT molecular complexity index is 346. The van der Waals surface area contributed by atoms with Crippen molar-refractivity contribution in [2.45, 2.75) is 32.7 Å². The van der Waals surface area contributed by atoms with Crippen LogP contribution in [0.5, 0.6) is 0 Å². The van der Waals surface area contributed by atoms with E-state index >= 15 is 0 Å². The zero-order chi connectivity index (χ0) is 11.0. The molecule has 1 nitrogen and oxygen atoms in total. The zero-order valence-corrected chi connectivity index (χ0v) is 11.2. The lowest BCUT2D eigenvalue weighted by Crippen LogP contribution is -2.18. The molecule has 0 radical (unpaired) electrons. The van der Waals surface area contributed by atoms with Gasteiger partial charge in [-0.2, -0.15) is 0 Å². The Hall–Kier alpha value is -0.340. The smallest absolute Gasteiger partial charge is 0.0346 e. The fraction of sp³-hybridized carbons (Fsp3) is 0.538. The lowest BCUT2D eigenvalue weighted by molar-refractivity contribution is 0.528. The minimum absolute atomic E-state index is 0.551. The second-order valence-electron chi connectivity index (χ2n) is 4.57. The molecule has 0 spiro atoms. The summed E-state index contributed by atoms with van der Waals surface area (Å²) in [6.45, 7) is 4.33. The minimum Gasteiger partial charge on any atom is -0.313 e. The lowest BCUT2D eigenvalue weighted by Gasteiger charge is -2.18. The van der Waals surface area contributed by atoms with Crippen molar-refractivity contribution in [3.63, 3.8) is 0 Å². The van der Waals surface area contributed by atoms with Crippen LogP contribution in [0.2, 0.25) is 0 Å². The van der Waals surface area contributed by atoms with Gasteiger partial charge in [0.05, 0.1) is 0 Å². The number of aryl methyl sites for hydroxylation is 2. The van der Waals surface area contributed by atoms with Crippen molar-refractivity contribution in [1.82, 2.24) is 5.32 Å². The highest BCUT2D eigenvalue weighted by Gasteiger charge is 2.31. The molecule has 0 saturated heterocycles. The summed E-state index contributed by atoms with van der Waals surface area (Å²) in [6, 6.07) is 5.16. The van der Waals surface area contributed by atoms with Crippen LogP contribution in [0.15, 0.2) is 16.6 Å². The fourth-order valence-corrected chi connectivity index (χ4v) is 2.49. The van der Waals surface area contributed by atoms with E-state index in [-0.39, 0.29) is 0 Å². The molecule has 82 valence electrons. The van der Waals surface area contributed by atoms with E-state index in [1.807, 2.05) is 0 Å². The molecule has 2 rings (SSSR count). The van der Waals surface area contributed by atoms with E-state index < -0.39 is 0 Å². The second kappa shape index (κ2) is 4.26. The monoisotopic (exact) mass is 267 g/mol. The average molecular weight is 268 g/mol. The molecule has 1 unspecified atom stereocenters. The van der Waals surface area contributed by atoms with Crippen LogP contribution >= 0.6 is 15.9 Å². The van der Waals surface area contributed by atoms with Crippen molar-refractivity contribution in [1.29, 1.82) is 0 Å². The predicted molar refractivity (Wildman–Crippen MR) is 68.1 cm³/mol. The summed E-state index contributed by atoms with van der Waals surface area (Å²) in [5.41, 5.74) is 4.12. The van der Waals surface area contributed by atoms with Crippen molar-refractivity contribution in [2.75, 3.05) is 7.05 Å². The molecule has 1 aromatic rings. The molecule has 1 atom stereocenters. The fourth-order valence-electron chi connectivity index (χ4n) is 2.26. The average Bonchev–Trinajstić information content (AvgIpc) is 2.99. The Morgan fingerprint density at radius 2 is 1.80 bits per heavy atom. The van der Waals surface area contributed by atoms with Gasteiger partial charge in [-0.3, -0.25) is 0 Å². The maximum absolute atomic E-state index is 3.62. The summed E-state index contributed by atoms with van der Waals surface area (Å²) in [5, 5.41) is 3.44. The molecule has 1 aliphatic carbocycles. The van der Waals surface area contributed by atoms with Gasteiger partial charge in [0.25, 0.3) is 0 Å². The Labute approximate surface area is 100 Å². The van der Waals surface area contributed by atoms with Crippen LogP contribution in [0.4, 0.5) is 0 Å². The molecule has 0 amide bonds. The normalized spacial score (nSPS) is 17.9. The van der Waals surface area contributed by atoms with Gasteiger partial charge in [0.15, 0.2) is 0 Å². The van der Waals surface area contributed by atoms with Gasteiger partial charge < -0.3 is 5.32 Å². The molecule has 15 heavy (non-hydrogen) atoms. The summed E-state index contributed by atoms with van der Waals surface area (Å²) in [4.78, 5) is 0. The summed E-state index contributed by atoms with van der Waals surface area (Å²) >= 11 is 3.62. The van der Waals surface area contributed by atoms with Gasteiger partial charge in [-0.05, 0) is 56.3 Å². The number of rotatable bonds is 3. The molecule has 0 aromatic heterocycles. The predicted octanol–water partition coefficient (Wildman–Crippen LogP) is 3.74. The molecule has 1 fully saturated rings. The molecule has 1 aromatic carbocycles. The number of halogens is 1. The molecular formula is C13H18BrN. The topological polar surface area (TPSA) is 12.0 Å². The number of hydrogen-bond acceptors (Lipinski definition) is 1. The van der Waals surface area contributed by atoms with E-state index in [1.165, 1.54) is 34.0 Å². The Balaban J connectivity index is 2.34. The number of nitrogens with one attached hydrogen (secondary N) is 1. The molecule has 1 saturated carbocycles. The van der Waals surface area contributed by atoms with E-state index in [0.717, 1.165) is 5.92 Å². The van der Waals surface area contributed by atoms with Crippen molar-refractivity contribution >= 4 is 15.9 Å². The van der Waals surface area contributed by atoms with Crippen LogP contribution in [-0.4, -0.2) is 7.05 Å². The third kappa shape index (κ3) is 2.26. The molecule has 0 heterocycles. The van der Waals surface area contributed by atoms with Crippen LogP contribution in [-0.2, 0) is 0 Å². The largest absolute Gasteiger partial charge is 0.313 e. The number of benzene rings is 1. The van der Waals surface area contributed by atoms with Crippen LogP contribution < -0.4 is 5.32 Å². The maximum atomic E-state index is 3.62. The van der Waals surface area contributed by atoms with Gasteiger partial charge in [0.2, 0.25) is 0 Å². The van der Waals surface area contributed by atoms with Gasteiger partial charge in [-0.25, -0.2) is 0 Å². The maximum Gasteiger partial charge on any atom is 0.0346 e. The highest BCUT2D eigenvalue weighted by atomic mass is 79.9. The van der Waals surface area contributed by atoms with E-state index in [9.17, 15) is 0 Å². The van der Waals surface area contributed by atoms with Crippen LogP contribution in [0.1, 0.15) is 35.6 Å².